The first kappa shape index (κ1) is 17.9. The standard InChI is InChI=1S/C26H18O4/c27-21-8-4-19-14-25(10-6-17(19)12-21)29-23-2-1-3-24(16-23)30-26-11-7-18-13-22(28)9-5-20(18)15-26/h1-16,27-28H. The molecule has 0 amide bonds. The summed E-state index contributed by atoms with van der Waals surface area (Å²) in [5, 5.41) is 23.1. The van der Waals surface area contributed by atoms with Gasteiger partial charge in [0.05, 0.1) is 0 Å². The van der Waals surface area contributed by atoms with Gasteiger partial charge in [-0.3, -0.25) is 0 Å². The van der Waals surface area contributed by atoms with Gasteiger partial charge in [-0.2, -0.15) is 0 Å². The van der Waals surface area contributed by atoms with Gasteiger partial charge in [0.15, 0.2) is 0 Å². The van der Waals surface area contributed by atoms with Crippen LogP contribution in [0.2, 0.25) is 0 Å². The second-order valence-corrected chi connectivity index (χ2v) is 7.07. The molecule has 0 saturated carbocycles. The molecule has 0 radical (unpaired) electrons. The van der Waals surface area contributed by atoms with Crippen LogP contribution in [0.3, 0.4) is 0 Å². The van der Waals surface area contributed by atoms with E-state index in [2.05, 4.69) is 0 Å². The molecule has 2 N–H and O–H groups in total. The van der Waals surface area contributed by atoms with Gasteiger partial charge in [-0.15, -0.1) is 0 Å². The van der Waals surface area contributed by atoms with Crippen molar-refractivity contribution >= 4 is 21.5 Å². The lowest BCUT2D eigenvalue weighted by Crippen LogP contribution is -1.88. The summed E-state index contributed by atoms with van der Waals surface area (Å²) in [5.41, 5.74) is 0. The fraction of sp³-hybridized carbons (Fsp3) is 0. The SMILES string of the molecule is Oc1ccc2cc(Oc3cccc(Oc4ccc5cc(O)ccc5c4)c3)ccc2c1. The zero-order valence-corrected chi connectivity index (χ0v) is 15.9. The fourth-order valence-electron chi connectivity index (χ4n) is 3.42. The predicted octanol–water partition coefficient (Wildman–Crippen LogP) is 6.99. The lowest BCUT2D eigenvalue weighted by atomic mass is 10.1. The second-order valence-electron chi connectivity index (χ2n) is 7.07. The first-order chi connectivity index (χ1) is 14.6. The van der Waals surface area contributed by atoms with Crippen molar-refractivity contribution in [3.63, 3.8) is 0 Å². The molecule has 0 aliphatic heterocycles. The topological polar surface area (TPSA) is 58.9 Å². The number of hydrogen-bond donors (Lipinski definition) is 2. The number of benzene rings is 5. The van der Waals surface area contributed by atoms with E-state index < -0.39 is 0 Å². The van der Waals surface area contributed by atoms with Crippen molar-refractivity contribution in [2.75, 3.05) is 0 Å². The highest BCUT2D eigenvalue weighted by Crippen LogP contribution is 2.32. The van der Waals surface area contributed by atoms with Gasteiger partial charge in [0.2, 0.25) is 0 Å². The molecule has 0 heterocycles. The Morgan fingerprint density at radius 2 is 0.800 bits per heavy atom. The van der Waals surface area contributed by atoms with Crippen LogP contribution in [0.25, 0.3) is 21.5 Å². The molecule has 5 aromatic rings. The molecular weight excluding hydrogens is 376 g/mol. The predicted molar refractivity (Wildman–Crippen MR) is 118 cm³/mol. The third kappa shape index (κ3) is 3.71. The van der Waals surface area contributed by atoms with Gasteiger partial charge in [-0.1, -0.05) is 30.3 Å². The summed E-state index contributed by atoms with van der Waals surface area (Å²) in [6.45, 7) is 0. The zero-order chi connectivity index (χ0) is 20.5. The third-order valence-corrected chi connectivity index (χ3v) is 4.87. The van der Waals surface area contributed by atoms with E-state index in [-0.39, 0.29) is 11.5 Å². The first-order valence-electron chi connectivity index (χ1n) is 9.54. The maximum Gasteiger partial charge on any atom is 0.131 e. The molecule has 0 aliphatic carbocycles. The zero-order valence-electron chi connectivity index (χ0n) is 15.9. The summed E-state index contributed by atoms with van der Waals surface area (Å²) in [6.07, 6.45) is 0. The summed E-state index contributed by atoms with van der Waals surface area (Å²) < 4.78 is 12.0. The minimum absolute atomic E-state index is 0.242. The van der Waals surface area contributed by atoms with Crippen molar-refractivity contribution in [2.45, 2.75) is 0 Å². The molecule has 146 valence electrons. The van der Waals surface area contributed by atoms with E-state index in [4.69, 9.17) is 9.47 Å². The van der Waals surface area contributed by atoms with Crippen LogP contribution in [0.1, 0.15) is 0 Å². The van der Waals surface area contributed by atoms with Gasteiger partial charge >= 0.3 is 0 Å². The molecule has 5 rings (SSSR count). The number of phenolic OH excluding ortho intramolecular Hbond substituents is 2. The molecule has 4 heteroatoms. The average Bonchev–Trinajstić information content (AvgIpc) is 2.74. The van der Waals surface area contributed by atoms with E-state index in [0.717, 1.165) is 21.5 Å². The van der Waals surface area contributed by atoms with Crippen molar-refractivity contribution < 1.29 is 19.7 Å². The van der Waals surface area contributed by atoms with Gasteiger partial charge in [0.25, 0.3) is 0 Å². The molecule has 0 unspecified atom stereocenters. The van der Waals surface area contributed by atoms with Crippen LogP contribution in [0.15, 0.2) is 97.1 Å². The molecular formula is C26H18O4. The molecule has 30 heavy (non-hydrogen) atoms. The van der Waals surface area contributed by atoms with Crippen LogP contribution in [-0.2, 0) is 0 Å². The van der Waals surface area contributed by atoms with E-state index in [1.165, 1.54) is 0 Å². The Morgan fingerprint density at radius 3 is 1.30 bits per heavy atom. The Labute approximate surface area is 173 Å². The summed E-state index contributed by atoms with van der Waals surface area (Å²) in [7, 11) is 0. The third-order valence-electron chi connectivity index (χ3n) is 4.87. The molecule has 0 atom stereocenters. The van der Waals surface area contributed by atoms with Crippen LogP contribution in [0.4, 0.5) is 0 Å². The highest BCUT2D eigenvalue weighted by molar-refractivity contribution is 5.86. The largest absolute Gasteiger partial charge is 0.508 e. The molecule has 0 spiro atoms. The van der Waals surface area contributed by atoms with Crippen molar-refractivity contribution in [1.82, 2.24) is 0 Å². The molecule has 0 aliphatic rings. The number of rotatable bonds is 4. The van der Waals surface area contributed by atoms with Gasteiger partial charge in [0, 0.05) is 6.07 Å². The van der Waals surface area contributed by atoms with Crippen molar-refractivity contribution in [3.8, 4) is 34.5 Å². The monoisotopic (exact) mass is 394 g/mol. The van der Waals surface area contributed by atoms with E-state index >= 15 is 0 Å². The van der Waals surface area contributed by atoms with E-state index in [1.54, 1.807) is 24.3 Å². The van der Waals surface area contributed by atoms with Crippen LogP contribution in [0, 0.1) is 0 Å². The summed E-state index contributed by atoms with van der Waals surface area (Å²) >= 11 is 0. The fourth-order valence-corrected chi connectivity index (χ4v) is 3.42. The molecule has 0 fully saturated rings. The smallest absolute Gasteiger partial charge is 0.131 e. The van der Waals surface area contributed by atoms with Crippen molar-refractivity contribution in [2.24, 2.45) is 0 Å². The molecule has 0 saturated heterocycles. The number of hydrogen-bond acceptors (Lipinski definition) is 4. The van der Waals surface area contributed by atoms with Crippen LogP contribution in [-0.4, -0.2) is 10.2 Å². The lowest BCUT2D eigenvalue weighted by Gasteiger charge is -2.10. The quantitative estimate of drug-likeness (QED) is 0.345. The lowest BCUT2D eigenvalue weighted by molar-refractivity contribution is 0.461. The van der Waals surface area contributed by atoms with Gasteiger partial charge < -0.3 is 19.7 Å². The van der Waals surface area contributed by atoms with Crippen molar-refractivity contribution in [3.05, 3.63) is 97.1 Å². The van der Waals surface area contributed by atoms with E-state index in [9.17, 15) is 10.2 Å². The number of aromatic hydroxyl groups is 2. The van der Waals surface area contributed by atoms with Crippen LogP contribution < -0.4 is 9.47 Å². The maximum atomic E-state index is 9.60. The average molecular weight is 394 g/mol. The molecule has 4 nitrogen and oxygen atoms in total. The second kappa shape index (κ2) is 7.33. The normalized spacial score (nSPS) is 10.9. The number of fused-ring (bicyclic) bond motifs is 2. The number of phenols is 2. The summed E-state index contributed by atoms with van der Waals surface area (Å²) in [4.78, 5) is 0. The Hall–Kier alpha value is -4.18. The van der Waals surface area contributed by atoms with Crippen LogP contribution >= 0.6 is 0 Å². The Balaban J connectivity index is 1.37. The van der Waals surface area contributed by atoms with Gasteiger partial charge in [0.1, 0.15) is 34.5 Å². The minimum atomic E-state index is 0.242. The molecule has 0 aromatic heterocycles. The minimum Gasteiger partial charge on any atom is -0.508 e. The Kier molecular flexibility index (Phi) is 4.37. The Bertz CT molecular complexity index is 1270. The Morgan fingerprint density at radius 1 is 0.400 bits per heavy atom. The highest BCUT2D eigenvalue weighted by atomic mass is 16.5. The maximum absolute atomic E-state index is 9.60. The van der Waals surface area contributed by atoms with Crippen molar-refractivity contribution in [1.29, 1.82) is 0 Å². The van der Waals surface area contributed by atoms with E-state index in [1.807, 2.05) is 72.8 Å². The van der Waals surface area contributed by atoms with Gasteiger partial charge in [-0.25, -0.2) is 0 Å². The molecule has 0 bridgehead atoms. The molecule has 5 aromatic carbocycles. The summed E-state index contributed by atoms with van der Waals surface area (Å²) in [6, 6.07) is 29.4. The van der Waals surface area contributed by atoms with Gasteiger partial charge in [-0.05, 0) is 82.2 Å². The van der Waals surface area contributed by atoms with Crippen LogP contribution in [0.5, 0.6) is 34.5 Å². The highest BCUT2D eigenvalue weighted by Gasteiger charge is 2.05. The first-order valence-corrected chi connectivity index (χ1v) is 9.54. The number of ether oxygens (including phenoxy) is 2. The van der Waals surface area contributed by atoms with E-state index in [0.29, 0.717) is 23.0 Å². The summed E-state index contributed by atoms with van der Waals surface area (Å²) in [5.74, 6) is 3.22.